The normalized spacial score (nSPS) is 15.0. The van der Waals surface area contributed by atoms with Gasteiger partial charge < -0.3 is 24.1 Å². The second kappa shape index (κ2) is 8.96. The van der Waals surface area contributed by atoms with E-state index in [1.165, 1.54) is 0 Å². The van der Waals surface area contributed by atoms with Crippen LogP contribution in [0.5, 0.6) is 5.75 Å². The molecular formula is C22H36BNO5. The summed E-state index contributed by atoms with van der Waals surface area (Å²) in [5, 5.41) is 10.2. The molecule has 1 fully saturated rings. The van der Waals surface area contributed by atoms with Gasteiger partial charge in [0.1, 0.15) is 18.0 Å². The van der Waals surface area contributed by atoms with Gasteiger partial charge in [0.15, 0.2) is 0 Å². The molecule has 0 heterocycles. The van der Waals surface area contributed by atoms with Gasteiger partial charge in [-0.2, -0.15) is 0 Å². The van der Waals surface area contributed by atoms with Crippen molar-refractivity contribution in [3.8, 4) is 5.75 Å². The summed E-state index contributed by atoms with van der Waals surface area (Å²) in [7, 11) is 0.408. The quantitative estimate of drug-likeness (QED) is 0.640. The summed E-state index contributed by atoms with van der Waals surface area (Å²) in [6.07, 6.45) is 1.77. The van der Waals surface area contributed by atoms with Crippen LogP contribution in [0, 0.1) is 0 Å². The van der Waals surface area contributed by atoms with Gasteiger partial charge in [0.2, 0.25) is 0 Å². The predicted molar refractivity (Wildman–Crippen MR) is 116 cm³/mol. The van der Waals surface area contributed by atoms with E-state index >= 15 is 0 Å². The van der Waals surface area contributed by atoms with E-state index in [9.17, 15) is 9.90 Å². The molecule has 1 aromatic carbocycles. The zero-order valence-corrected chi connectivity index (χ0v) is 18.9. The SMILES string of the molecule is CC(C)(C)OC(=O)N(CCOc1ccc(BOC(C)(C)C(C)(C)O)cc1)C1CC1. The molecule has 1 saturated carbocycles. The van der Waals surface area contributed by atoms with Crippen molar-refractivity contribution in [2.45, 2.75) is 84.2 Å². The first-order valence-corrected chi connectivity index (χ1v) is 10.4. The molecule has 0 atom stereocenters. The molecule has 1 aliphatic carbocycles. The van der Waals surface area contributed by atoms with Crippen LogP contribution in [0.15, 0.2) is 24.3 Å². The first-order valence-electron chi connectivity index (χ1n) is 10.4. The van der Waals surface area contributed by atoms with Crippen LogP contribution < -0.4 is 10.2 Å². The van der Waals surface area contributed by atoms with Crippen LogP contribution in [0.25, 0.3) is 0 Å². The topological polar surface area (TPSA) is 68.2 Å². The van der Waals surface area contributed by atoms with Crippen molar-refractivity contribution in [2.75, 3.05) is 13.2 Å². The molecule has 0 spiro atoms. The minimum absolute atomic E-state index is 0.270. The molecule has 1 aromatic rings. The highest BCUT2D eigenvalue weighted by atomic mass is 16.6. The van der Waals surface area contributed by atoms with Gasteiger partial charge in [-0.05, 0) is 73.4 Å². The van der Waals surface area contributed by atoms with Crippen LogP contribution in [-0.2, 0) is 9.39 Å². The fourth-order valence-corrected chi connectivity index (χ4v) is 2.51. The maximum absolute atomic E-state index is 12.4. The van der Waals surface area contributed by atoms with Crippen molar-refractivity contribution in [2.24, 2.45) is 0 Å². The Hall–Kier alpha value is -1.73. The zero-order chi connectivity index (χ0) is 21.9. The molecule has 2 rings (SSSR count). The minimum atomic E-state index is -0.933. The molecule has 0 radical (unpaired) electrons. The number of aliphatic hydroxyl groups is 1. The molecule has 0 unspecified atom stereocenters. The highest BCUT2D eigenvalue weighted by Gasteiger charge is 2.36. The van der Waals surface area contributed by atoms with Crippen LogP contribution in [-0.4, -0.2) is 59.6 Å². The van der Waals surface area contributed by atoms with Crippen LogP contribution >= 0.6 is 0 Å². The van der Waals surface area contributed by atoms with Gasteiger partial charge in [-0.3, -0.25) is 0 Å². The van der Waals surface area contributed by atoms with Crippen LogP contribution in [0.1, 0.15) is 61.3 Å². The van der Waals surface area contributed by atoms with Crippen molar-refractivity contribution in [3.05, 3.63) is 24.3 Å². The highest BCUT2D eigenvalue weighted by molar-refractivity contribution is 6.47. The Labute approximate surface area is 175 Å². The Morgan fingerprint density at radius 1 is 1.10 bits per heavy atom. The van der Waals surface area contributed by atoms with Gasteiger partial charge >= 0.3 is 13.6 Å². The smallest absolute Gasteiger partial charge is 0.410 e. The van der Waals surface area contributed by atoms with Crippen molar-refractivity contribution in [1.82, 2.24) is 4.90 Å². The average Bonchev–Trinajstić information content (AvgIpc) is 3.40. The molecule has 1 aliphatic rings. The van der Waals surface area contributed by atoms with E-state index in [0.717, 1.165) is 24.1 Å². The van der Waals surface area contributed by atoms with E-state index in [1.807, 2.05) is 58.9 Å². The largest absolute Gasteiger partial charge is 0.492 e. The van der Waals surface area contributed by atoms with E-state index in [-0.39, 0.29) is 12.1 Å². The van der Waals surface area contributed by atoms with Crippen molar-refractivity contribution >= 4 is 19.0 Å². The third-order valence-electron chi connectivity index (χ3n) is 5.21. The van der Waals surface area contributed by atoms with Crippen molar-refractivity contribution in [3.63, 3.8) is 0 Å². The van der Waals surface area contributed by atoms with Gasteiger partial charge in [0.25, 0.3) is 0 Å². The molecule has 6 nitrogen and oxygen atoms in total. The van der Waals surface area contributed by atoms with Crippen molar-refractivity contribution in [1.29, 1.82) is 0 Å². The van der Waals surface area contributed by atoms with Gasteiger partial charge in [0.05, 0.1) is 17.7 Å². The Morgan fingerprint density at radius 3 is 2.17 bits per heavy atom. The number of benzene rings is 1. The average molecular weight is 405 g/mol. The Balaban J connectivity index is 1.81. The van der Waals surface area contributed by atoms with Crippen LogP contribution in [0.4, 0.5) is 4.79 Å². The summed E-state index contributed by atoms with van der Waals surface area (Å²) in [4.78, 5) is 14.1. The van der Waals surface area contributed by atoms with E-state index in [2.05, 4.69) is 0 Å². The van der Waals surface area contributed by atoms with Gasteiger partial charge in [-0.15, -0.1) is 0 Å². The summed E-state index contributed by atoms with van der Waals surface area (Å²) in [6, 6.07) is 7.95. The second-order valence-electron chi connectivity index (χ2n) is 9.76. The number of carbonyl (C=O) groups is 1. The Kier molecular flexibility index (Phi) is 7.28. The van der Waals surface area contributed by atoms with Gasteiger partial charge in [-0.1, -0.05) is 17.6 Å². The molecule has 29 heavy (non-hydrogen) atoms. The molecule has 0 aromatic heterocycles. The van der Waals surface area contributed by atoms with Crippen molar-refractivity contribution < 1.29 is 24.0 Å². The van der Waals surface area contributed by atoms with E-state index in [1.54, 1.807) is 18.7 Å². The first-order chi connectivity index (χ1) is 13.3. The lowest BCUT2D eigenvalue weighted by Gasteiger charge is -2.37. The predicted octanol–water partition coefficient (Wildman–Crippen LogP) is 3.01. The summed E-state index contributed by atoms with van der Waals surface area (Å²) in [5.41, 5.74) is -1.08. The zero-order valence-electron chi connectivity index (χ0n) is 18.9. The fourth-order valence-electron chi connectivity index (χ4n) is 2.51. The number of ether oxygens (including phenoxy) is 2. The molecule has 162 valence electrons. The number of amides is 1. The standard InChI is InChI=1S/C22H36BNO5/c1-20(2,3)28-19(25)24(17-10-11-17)14-15-27-18-12-8-16(9-13-18)23-29-22(6,7)21(4,5)26/h8-9,12-13,17,23,26H,10-11,14-15H2,1-7H3. The Morgan fingerprint density at radius 2 is 1.69 bits per heavy atom. The molecular weight excluding hydrogens is 369 g/mol. The van der Waals surface area contributed by atoms with E-state index in [0.29, 0.717) is 20.6 Å². The summed E-state index contributed by atoms with van der Waals surface area (Å²) in [5.74, 6) is 0.746. The summed E-state index contributed by atoms with van der Waals surface area (Å²) >= 11 is 0. The van der Waals surface area contributed by atoms with E-state index in [4.69, 9.17) is 14.1 Å². The molecule has 0 bridgehead atoms. The number of hydrogen-bond donors (Lipinski definition) is 1. The lowest BCUT2D eigenvalue weighted by Crippen LogP contribution is -2.49. The van der Waals surface area contributed by atoms with Gasteiger partial charge in [0, 0.05) is 6.04 Å². The molecule has 1 N–H and O–H groups in total. The summed E-state index contributed by atoms with van der Waals surface area (Å²) < 4.78 is 17.2. The maximum Gasteiger partial charge on any atom is 0.410 e. The monoisotopic (exact) mass is 405 g/mol. The highest BCUT2D eigenvalue weighted by Crippen LogP contribution is 2.28. The lowest BCUT2D eigenvalue weighted by atomic mass is 9.82. The van der Waals surface area contributed by atoms with Gasteiger partial charge in [-0.25, -0.2) is 4.79 Å². The molecule has 1 amide bonds. The third-order valence-corrected chi connectivity index (χ3v) is 5.21. The third kappa shape index (κ3) is 7.55. The fraction of sp³-hybridized carbons (Fsp3) is 0.682. The number of rotatable bonds is 9. The van der Waals surface area contributed by atoms with Crippen LogP contribution in [0.2, 0.25) is 0 Å². The Bertz CT molecular complexity index is 672. The number of nitrogens with zero attached hydrogens (tertiary/aromatic N) is 1. The van der Waals surface area contributed by atoms with E-state index < -0.39 is 16.8 Å². The molecule has 0 aliphatic heterocycles. The molecule has 7 heteroatoms. The minimum Gasteiger partial charge on any atom is -0.492 e. The number of hydrogen-bond acceptors (Lipinski definition) is 5. The van der Waals surface area contributed by atoms with Crippen LogP contribution in [0.3, 0.4) is 0 Å². The second-order valence-corrected chi connectivity index (χ2v) is 9.76. The molecule has 0 saturated heterocycles. The number of carbonyl (C=O) groups excluding carboxylic acids is 1. The summed E-state index contributed by atoms with van der Waals surface area (Å²) in [6.45, 7) is 13.8. The maximum atomic E-state index is 12.4. The first kappa shape index (κ1) is 23.6. The lowest BCUT2D eigenvalue weighted by molar-refractivity contribution is -0.0893.